The fourth-order valence-corrected chi connectivity index (χ4v) is 1.70. The first-order valence-electron chi connectivity index (χ1n) is 5.06. The molecule has 0 saturated carbocycles. The van der Waals surface area contributed by atoms with Gasteiger partial charge in [-0.05, 0) is 12.1 Å². The Hall–Kier alpha value is -2.29. The molecule has 1 aromatic carbocycles. The highest BCUT2D eigenvalue weighted by molar-refractivity contribution is 5.88. The van der Waals surface area contributed by atoms with Gasteiger partial charge in [0.15, 0.2) is 0 Å². The van der Waals surface area contributed by atoms with E-state index >= 15 is 0 Å². The van der Waals surface area contributed by atoms with E-state index in [1.807, 2.05) is 42.5 Å². The van der Waals surface area contributed by atoms with Crippen LogP contribution in [0.4, 0.5) is 0 Å². The van der Waals surface area contributed by atoms with Crippen LogP contribution in [0.25, 0.3) is 22.3 Å². The lowest BCUT2D eigenvalue weighted by Gasteiger charge is -2.03. The average Bonchev–Trinajstić information content (AvgIpc) is 2.39. The van der Waals surface area contributed by atoms with E-state index in [1.54, 1.807) is 12.5 Å². The van der Waals surface area contributed by atoms with Crippen LogP contribution in [0.1, 0.15) is 0 Å². The normalized spacial score (nSPS) is 10.5. The minimum absolute atomic E-state index is 0.844. The van der Waals surface area contributed by atoms with Crippen LogP contribution in [0.3, 0.4) is 0 Å². The molecule has 2 aromatic heterocycles. The van der Waals surface area contributed by atoms with Crippen molar-refractivity contribution in [3.63, 3.8) is 0 Å². The molecule has 76 valence electrons. The van der Waals surface area contributed by atoms with Crippen molar-refractivity contribution in [3.05, 3.63) is 55.0 Å². The molecule has 0 atom stereocenters. The molecule has 0 radical (unpaired) electrons. The van der Waals surface area contributed by atoms with Gasteiger partial charge in [-0.15, -0.1) is 0 Å². The monoisotopic (exact) mass is 207 g/mol. The third kappa shape index (κ3) is 1.42. The van der Waals surface area contributed by atoms with Crippen LogP contribution in [0.2, 0.25) is 0 Å². The van der Waals surface area contributed by atoms with Crippen LogP contribution in [0, 0.1) is 0 Å². The molecule has 0 fully saturated rings. The number of nitrogens with zero attached hydrogens (tertiary/aromatic N) is 3. The SMILES string of the molecule is c1ccc(-c2ncnc3cccnc23)cc1. The average molecular weight is 207 g/mol. The molecular weight excluding hydrogens is 198 g/mol. The Labute approximate surface area is 92.8 Å². The van der Waals surface area contributed by atoms with E-state index in [0.717, 1.165) is 22.3 Å². The Morgan fingerprint density at radius 2 is 1.62 bits per heavy atom. The summed E-state index contributed by atoms with van der Waals surface area (Å²) in [5, 5.41) is 0. The molecule has 2 heterocycles. The Balaban J connectivity index is 2.32. The van der Waals surface area contributed by atoms with Gasteiger partial charge in [0.05, 0.1) is 11.2 Å². The quantitative estimate of drug-likeness (QED) is 0.615. The lowest BCUT2D eigenvalue weighted by Crippen LogP contribution is -1.90. The summed E-state index contributed by atoms with van der Waals surface area (Å²) < 4.78 is 0. The maximum absolute atomic E-state index is 4.33. The molecule has 0 bridgehead atoms. The predicted octanol–water partition coefficient (Wildman–Crippen LogP) is 2.69. The van der Waals surface area contributed by atoms with Crippen molar-refractivity contribution in [2.75, 3.05) is 0 Å². The maximum Gasteiger partial charge on any atom is 0.116 e. The van der Waals surface area contributed by atoms with Crippen molar-refractivity contribution in [1.29, 1.82) is 0 Å². The molecule has 3 rings (SSSR count). The van der Waals surface area contributed by atoms with Gasteiger partial charge in [0, 0.05) is 11.8 Å². The van der Waals surface area contributed by atoms with Crippen LogP contribution in [0.15, 0.2) is 55.0 Å². The van der Waals surface area contributed by atoms with Gasteiger partial charge in [-0.2, -0.15) is 0 Å². The first-order chi connectivity index (χ1) is 7.95. The summed E-state index contributed by atoms with van der Waals surface area (Å²) in [5.74, 6) is 0. The van der Waals surface area contributed by atoms with Crippen LogP contribution < -0.4 is 0 Å². The van der Waals surface area contributed by atoms with E-state index in [-0.39, 0.29) is 0 Å². The zero-order valence-electron chi connectivity index (χ0n) is 8.54. The minimum Gasteiger partial charge on any atom is -0.252 e. The summed E-state index contributed by atoms with van der Waals surface area (Å²) in [7, 11) is 0. The van der Waals surface area contributed by atoms with Gasteiger partial charge in [0.2, 0.25) is 0 Å². The van der Waals surface area contributed by atoms with Crippen molar-refractivity contribution in [2.24, 2.45) is 0 Å². The largest absolute Gasteiger partial charge is 0.252 e. The Morgan fingerprint density at radius 1 is 0.750 bits per heavy atom. The molecule has 3 nitrogen and oxygen atoms in total. The highest BCUT2D eigenvalue weighted by Gasteiger charge is 2.05. The zero-order valence-corrected chi connectivity index (χ0v) is 8.54. The fraction of sp³-hybridized carbons (Fsp3) is 0. The third-order valence-electron chi connectivity index (χ3n) is 2.44. The van der Waals surface area contributed by atoms with Gasteiger partial charge in [0.1, 0.15) is 11.8 Å². The van der Waals surface area contributed by atoms with Gasteiger partial charge >= 0.3 is 0 Å². The molecule has 0 spiro atoms. The molecular formula is C13H9N3. The first kappa shape index (κ1) is 8.97. The number of aromatic nitrogens is 3. The highest BCUT2D eigenvalue weighted by atomic mass is 14.9. The van der Waals surface area contributed by atoms with Crippen molar-refractivity contribution in [2.45, 2.75) is 0 Å². The number of hydrogen-bond donors (Lipinski definition) is 0. The van der Waals surface area contributed by atoms with Crippen molar-refractivity contribution >= 4 is 11.0 Å². The summed E-state index contributed by atoms with van der Waals surface area (Å²) in [6.45, 7) is 0. The second-order valence-electron chi connectivity index (χ2n) is 3.46. The van der Waals surface area contributed by atoms with Crippen molar-refractivity contribution in [1.82, 2.24) is 15.0 Å². The number of rotatable bonds is 1. The Kier molecular flexibility index (Phi) is 2.07. The molecule has 0 aliphatic heterocycles. The molecule has 0 unspecified atom stereocenters. The van der Waals surface area contributed by atoms with Crippen LogP contribution in [-0.4, -0.2) is 15.0 Å². The smallest absolute Gasteiger partial charge is 0.116 e. The number of benzene rings is 1. The molecule has 3 heteroatoms. The van der Waals surface area contributed by atoms with Crippen molar-refractivity contribution in [3.8, 4) is 11.3 Å². The summed E-state index contributed by atoms with van der Waals surface area (Å²) in [6, 6.07) is 13.8. The van der Waals surface area contributed by atoms with E-state index in [4.69, 9.17) is 0 Å². The molecule has 0 aliphatic rings. The van der Waals surface area contributed by atoms with E-state index < -0.39 is 0 Å². The van der Waals surface area contributed by atoms with E-state index in [0.29, 0.717) is 0 Å². The minimum atomic E-state index is 0.844. The predicted molar refractivity (Wildman–Crippen MR) is 62.8 cm³/mol. The van der Waals surface area contributed by atoms with Crippen LogP contribution in [0.5, 0.6) is 0 Å². The fourth-order valence-electron chi connectivity index (χ4n) is 1.70. The lowest BCUT2D eigenvalue weighted by atomic mass is 10.1. The standard InChI is InChI=1S/C13H9N3/c1-2-5-10(6-3-1)12-13-11(15-9-16-12)7-4-8-14-13/h1-9H. The molecule has 3 aromatic rings. The lowest BCUT2D eigenvalue weighted by molar-refractivity contribution is 1.20. The van der Waals surface area contributed by atoms with Gasteiger partial charge in [-0.25, -0.2) is 9.97 Å². The van der Waals surface area contributed by atoms with Gasteiger partial charge in [0.25, 0.3) is 0 Å². The summed E-state index contributed by atoms with van der Waals surface area (Å²) in [6.07, 6.45) is 3.34. The second kappa shape index (κ2) is 3.70. The molecule has 16 heavy (non-hydrogen) atoms. The number of fused-ring (bicyclic) bond motifs is 1. The van der Waals surface area contributed by atoms with Gasteiger partial charge < -0.3 is 0 Å². The summed E-state index contributed by atoms with van der Waals surface area (Å²) in [5.41, 5.74) is 3.66. The van der Waals surface area contributed by atoms with Gasteiger partial charge in [-0.3, -0.25) is 4.98 Å². The highest BCUT2D eigenvalue weighted by Crippen LogP contribution is 2.22. The second-order valence-corrected chi connectivity index (χ2v) is 3.46. The van der Waals surface area contributed by atoms with Crippen LogP contribution >= 0.6 is 0 Å². The molecule has 0 N–H and O–H groups in total. The van der Waals surface area contributed by atoms with Crippen molar-refractivity contribution < 1.29 is 0 Å². The van der Waals surface area contributed by atoms with Gasteiger partial charge in [-0.1, -0.05) is 30.3 Å². The molecule has 0 amide bonds. The van der Waals surface area contributed by atoms with E-state index in [1.165, 1.54) is 0 Å². The topological polar surface area (TPSA) is 38.7 Å². The first-order valence-corrected chi connectivity index (χ1v) is 5.06. The number of hydrogen-bond acceptors (Lipinski definition) is 3. The summed E-state index contributed by atoms with van der Waals surface area (Å²) >= 11 is 0. The van der Waals surface area contributed by atoms with E-state index in [9.17, 15) is 0 Å². The Bertz CT molecular complexity index is 615. The molecule has 0 saturated heterocycles. The van der Waals surface area contributed by atoms with Crippen LogP contribution in [-0.2, 0) is 0 Å². The summed E-state index contributed by atoms with van der Waals surface area (Å²) in [4.78, 5) is 12.8. The third-order valence-corrected chi connectivity index (χ3v) is 2.44. The van der Waals surface area contributed by atoms with E-state index in [2.05, 4.69) is 15.0 Å². The Morgan fingerprint density at radius 3 is 2.50 bits per heavy atom. The zero-order chi connectivity index (χ0) is 10.8. The number of pyridine rings is 1. The maximum atomic E-state index is 4.33. The molecule has 0 aliphatic carbocycles.